The summed E-state index contributed by atoms with van der Waals surface area (Å²) in [7, 11) is 2.17. The summed E-state index contributed by atoms with van der Waals surface area (Å²) in [6, 6.07) is 1.81. The van der Waals surface area contributed by atoms with E-state index in [2.05, 4.69) is 48.0 Å². The van der Waals surface area contributed by atoms with E-state index in [0.29, 0.717) is 11.7 Å². The second-order valence-corrected chi connectivity index (χ2v) is 6.55. The number of nitrogens with two attached hydrogens (primary N) is 1. The molecule has 106 valence electrons. The fourth-order valence-corrected chi connectivity index (χ4v) is 2.33. The van der Waals surface area contributed by atoms with Gasteiger partial charge < -0.3 is 16.0 Å². The molecule has 2 heterocycles. The van der Waals surface area contributed by atoms with E-state index in [-0.39, 0.29) is 5.41 Å². The molecule has 1 aromatic rings. The lowest BCUT2D eigenvalue weighted by Crippen LogP contribution is -2.21. The van der Waals surface area contributed by atoms with Crippen molar-refractivity contribution in [3.63, 3.8) is 0 Å². The summed E-state index contributed by atoms with van der Waals surface area (Å²) in [5.74, 6) is 2.86. The van der Waals surface area contributed by atoms with Gasteiger partial charge in [-0.3, -0.25) is 0 Å². The molecule has 1 aliphatic heterocycles. The van der Waals surface area contributed by atoms with Gasteiger partial charge in [-0.2, -0.15) is 0 Å². The van der Waals surface area contributed by atoms with Crippen molar-refractivity contribution in [1.82, 2.24) is 14.9 Å². The summed E-state index contributed by atoms with van der Waals surface area (Å²) in [4.78, 5) is 11.2. The van der Waals surface area contributed by atoms with Crippen LogP contribution in [0.5, 0.6) is 0 Å². The Balaban J connectivity index is 2.02. The molecule has 1 atom stereocenters. The molecule has 1 aliphatic rings. The predicted octanol–water partition coefficient (Wildman–Crippen LogP) is 1.72. The Morgan fingerprint density at radius 3 is 2.74 bits per heavy atom. The fourth-order valence-electron chi connectivity index (χ4n) is 2.33. The third kappa shape index (κ3) is 3.80. The highest BCUT2D eigenvalue weighted by atomic mass is 15.1. The molecule has 0 spiro atoms. The normalized spacial score (nSPS) is 20.7. The summed E-state index contributed by atoms with van der Waals surface area (Å²) in [6.07, 6.45) is 1.25. The van der Waals surface area contributed by atoms with Crippen LogP contribution in [0.3, 0.4) is 0 Å². The number of hydrogen-bond donors (Lipinski definition) is 2. The van der Waals surface area contributed by atoms with Gasteiger partial charge in [0.2, 0.25) is 0 Å². The van der Waals surface area contributed by atoms with E-state index >= 15 is 0 Å². The van der Waals surface area contributed by atoms with E-state index in [1.807, 2.05) is 6.07 Å². The summed E-state index contributed by atoms with van der Waals surface area (Å²) < 4.78 is 0. The van der Waals surface area contributed by atoms with Crippen molar-refractivity contribution in [2.75, 3.05) is 37.7 Å². The van der Waals surface area contributed by atoms with Gasteiger partial charge in [-0.25, -0.2) is 9.97 Å². The molecule has 19 heavy (non-hydrogen) atoms. The number of hydrogen-bond acceptors (Lipinski definition) is 5. The number of nitrogen functional groups attached to an aromatic ring is 1. The van der Waals surface area contributed by atoms with Crippen LogP contribution in [-0.4, -0.2) is 41.5 Å². The summed E-state index contributed by atoms with van der Waals surface area (Å²) in [5, 5.41) is 3.40. The SMILES string of the molecule is CN1CCC(CNc2cc(N)nc(C(C)(C)C)n2)C1. The topological polar surface area (TPSA) is 67.1 Å². The van der Waals surface area contributed by atoms with Gasteiger partial charge in [0, 0.05) is 24.6 Å². The van der Waals surface area contributed by atoms with Crippen LogP contribution >= 0.6 is 0 Å². The molecule has 1 saturated heterocycles. The highest BCUT2D eigenvalue weighted by Gasteiger charge is 2.21. The zero-order chi connectivity index (χ0) is 14.0. The van der Waals surface area contributed by atoms with Crippen LogP contribution in [0.2, 0.25) is 0 Å². The molecular weight excluding hydrogens is 238 g/mol. The lowest BCUT2D eigenvalue weighted by molar-refractivity contribution is 0.399. The van der Waals surface area contributed by atoms with E-state index in [9.17, 15) is 0 Å². The van der Waals surface area contributed by atoms with Crippen LogP contribution in [-0.2, 0) is 5.41 Å². The number of likely N-dealkylation sites (tertiary alicyclic amines) is 1. The Labute approximate surface area is 115 Å². The second-order valence-electron chi connectivity index (χ2n) is 6.55. The molecule has 1 unspecified atom stereocenters. The first-order valence-electron chi connectivity index (χ1n) is 6.92. The van der Waals surface area contributed by atoms with Crippen LogP contribution in [0.15, 0.2) is 6.07 Å². The number of nitrogens with zero attached hydrogens (tertiary/aromatic N) is 3. The monoisotopic (exact) mass is 263 g/mol. The zero-order valence-electron chi connectivity index (χ0n) is 12.4. The van der Waals surface area contributed by atoms with Crippen molar-refractivity contribution in [1.29, 1.82) is 0 Å². The maximum Gasteiger partial charge on any atom is 0.138 e. The first-order valence-corrected chi connectivity index (χ1v) is 6.92. The third-order valence-corrected chi connectivity index (χ3v) is 3.48. The molecule has 0 aliphatic carbocycles. The number of nitrogens with one attached hydrogen (secondary N) is 1. The van der Waals surface area contributed by atoms with Crippen LogP contribution in [0.4, 0.5) is 11.6 Å². The van der Waals surface area contributed by atoms with E-state index in [1.54, 1.807) is 0 Å². The summed E-state index contributed by atoms with van der Waals surface area (Å²) >= 11 is 0. The van der Waals surface area contributed by atoms with Crippen molar-refractivity contribution in [3.8, 4) is 0 Å². The lowest BCUT2D eigenvalue weighted by Gasteiger charge is -2.19. The van der Waals surface area contributed by atoms with Crippen LogP contribution < -0.4 is 11.1 Å². The molecule has 0 radical (unpaired) electrons. The van der Waals surface area contributed by atoms with Crippen molar-refractivity contribution in [2.24, 2.45) is 5.92 Å². The van der Waals surface area contributed by atoms with Crippen LogP contribution in [0, 0.1) is 5.92 Å². The second kappa shape index (κ2) is 5.33. The largest absolute Gasteiger partial charge is 0.384 e. The van der Waals surface area contributed by atoms with Crippen LogP contribution in [0.25, 0.3) is 0 Å². The van der Waals surface area contributed by atoms with E-state index < -0.39 is 0 Å². The smallest absolute Gasteiger partial charge is 0.138 e. The van der Waals surface area contributed by atoms with Crippen LogP contribution in [0.1, 0.15) is 33.0 Å². The van der Waals surface area contributed by atoms with E-state index in [0.717, 1.165) is 24.7 Å². The standard InChI is InChI=1S/C14H25N5/c1-14(2,3)13-17-11(15)7-12(18-13)16-8-10-5-6-19(4)9-10/h7,10H,5-6,8-9H2,1-4H3,(H3,15,16,17,18). The number of aromatic nitrogens is 2. The van der Waals surface area contributed by atoms with Gasteiger partial charge in [-0.05, 0) is 25.9 Å². The maximum absolute atomic E-state index is 5.86. The minimum Gasteiger partial charge on any atom is -0.384 e. The Kier molecular flexibility index (Phi) is 3.94. The van der Waals surface area contributed by atoms with Crippen molar-refractivity contribution in [2.45, 2.75) is 32.6 Å². The molecule has 0 saturated carbocycles. The Bertz CT molecular complexity index is 438. The highest BCUT2D eigenvalue weighted by Crippen LogP contribution is 2.22. The molecule has 0 bridgehead atoms. The number of anilines is 2. The van der Waals surface area contributed by atoms with Crippen molar-refractivity contribution in [3.05, 3.63) is 11.9 Å². The maximum atomic E-state index is 5.86. The molecule has 5 heteroatoms. The van der Waals surface area contributed by atoms with Gasteiger partial charge in [0.05, 0.1) is 0 Å². The molecule has 5 nitrogen and oxygen atoms in total. The summed E-state index contributed by atoms with van der Waals surface area (Å²) in [5.41, 5.74) is 5.78. The van der Waals surface area contributed by atoms with E-state index in [1.165, 1.54) is 13.0 Å². The highest BCUT2D eigenvalue weighted by molar-refractivity contribution is 5.45. The minimum absolute atomic E-state index is 0.0839. The van der Waals surface area contributed by atoms with Gasteiger partial charge in [-0.15, -0.1) is 0 Å². The molecular formula is C14H25N5. The molecule has 2 rings (SSSR count). The lowest BCUT2D eigenvalue weighted by atomic mass is 9.96. The summed E-state index contributed by atoms with van der Waals surface area (Å²) in [6.45, 7) is 9.57. The molecule has 1 fully saturated rings. The Hall–Kier alpha value is -1.36. The third-order valence-electron chi connectivity index (χ3n) is 3.48. The molecule has 0 aromatic carbocycles. The van der Waals surface area contributed by atoms with Gasteiger partial charge >= 0.3 is 0 Å². The average molecular weight is 263 g/mol. The quantitative estimate of drug-likeness (QED) is 0.869. The molecule has 3 N–H and O–H groups in total. The van der Waals surface area contributed by atoms with Crippen molar-refractivity contribution >= 4 is 11.6 Å². The molecule has 0 amide bonds. The van der Waals surface area contributed by atoms with Gasteiger partial charge in [-0.1, -0.05) is 20.8 Å². The first kappa shape index (κ1) is 14.1. The first-order chi connectivity index (χ1) is 8.84. The molecule has 1 aromatic heterocycles. The Morgan fingerprint density at radius 2 is 2.16 bits per heavy atom. The van der Waals surface area contributed by atoms with Crippen molar-refractivity contribution < 1.29 is 0 Å². The predicted molar refractivity (Wildman–Crippen MR) is 79.2 cm³/mol. The zero-order valence-corrected chi connectivity index (χ0v) is 12.4. The van der Waals surface area contributed by atoms with Gasteiger partial charge in [0.15, 0.2) is 0 Å². The average Bonchev–Trinajstić information content (AvgIpc) is 2.71. The van der Waals surface area contributed by atoms with E-state index in [4.69, 9.17) is 5.73 Å². The van der Waals surface area contributed by atoms with Gasteiger partial charge in [0.25, 0.3) is 0 Å². The Morgan fingerprint density at radius 1 is 1.42 bits per heavy atom. The fraction of sp³-hybridized carbons (Fsp3) is 0.714. The number of rotatable bonds is 3. The minimum atomic E-state index is -0.0839. The van der Waals surface area contributed by atoms with Gasteiger partial charge in [0.1, 0.15) is 17.5 Å².